The van der Waals surface area contributed by atoms with Crippen LogP contribution in [0.15, 0.2) is 24.3 Å². The van der Waals surface area contributed by atoms with Crippen molar-refractivity contribution in [2.45, 2.75) is 203 Å². The van der Waals surface area contributed by atoms with Crippen molar-refractivity contribution >= 4 is 47.1 Å². The van der Waals surface area contributed by atoms with Gasteiger partial charge in [0.15, 0.2) is 12.0 Å². The van der Waals surface area contributed by atoms with E-state index in [9.17, 15) is 84.3 Å². The van der Waals surface area contributed by atoms with Crippen LogP contribution < -0.4 is 27.0 Å². The molecule has 75 heavy (non-hydrogen) atoms. The fraction of sp³-hybridized carbons (Fsp3) is 0.725. The summed E-state index contributed by atoms with van der Waals surface area (Å²) in [6.45, 7) is 6.84. The highest BCUT2D eigenvalue weighted by atomic mass is 16.3. The number of Topliss-reactive ketones (excluding diaryl/α,β-unsaturated/α-hetero) is 1. The van der Waals surface area contributed by atoms with Crippen LogP contribution in [-0.4, -0.2) is 189 Å². The lowest BCUT2D eigenvalue weighted by molar-refractivity contribution is -0.150. The first-order valence-corrected chi connectivity index (χ1v) is 26.2. The summed E-state index contributed by atoms with van der Waals surface area (Å²) in [6.07, 6.45) is -10.8. The molecule has 3 heterocycles. The number of hydrogen-bond acceptors (Lipinski definition) is 17. The van der Waals surface area contributed by atoms with E-state index in [-0.39, 0.29) is 24.2 Å². The minimum atomic E-state index is -2.27. The lowest BCUT2D eigenvalue weighted by Crippen LogP contribution is -2.61. The second-order valence-corrected chi connectivity index (χ2v) is 20.9. The molecule has 0 radical (unpaired) electrons. The number of fused-ring (bicyclic) bond motifs is 2. The van der Waals surface area contributed by atoms with Crippen LogP contribution in [0.2, 0.25) is 0 Å². The van der Waals surface area contributed by atoms with Crippen molar-refractivity contribution in [3.63, 3.8) is 0 Å². The number of unbranched alkanes of at least 4 members (excludes halogenated alkanes) is 5. The summed E-state index contributed by atoms with van der Waals surface area (Å²) >= 11 is 0. The van der Waals surface area contributed by atoms with Crippen molar-refractivity contribution in [3.8, 4) is 5.75 Å². The van der Waals surface area contributed by atoms with Gasteiger partial charge in [0.1, 0.15) is 42.1 Å². The Hall–Kier alpha value is -5.34. The molecule has 0 spiro atoms. The largest absolute Gasteiger partial charge is 0.508 e. The average molecular weight is 1060 g/mol. The number of phenols is 1. The van der Waals surface area contributed by atoms with Crippen molar-refractivity contribution in [1.29, 1.82) is 0 Å². The van der Waals surface area contributed by atoms with Crippen LogP contribution in [0.25, 0.3) is 0 Å². The number of nitrogens with zero attached hydrogens (tertiary/aromatic N) is 2. The van der Waals surface area contributed by atoms with Gasteiger partial charge in [0.2, 0.25) is 41.4 Å². The molecule has 3 aliphatic heterocycles. The molecule has 0 aliphatic carbocycles. The van der Waals surface area contributed by atoms with Gasteiger partial charge in [-0.2, -0.15) is 0 Å². The third-order valence-electron chi connectivity index (χ3n) is 14.6. The molecule has 9 unspecified atom stereocenters. The van der Waals surface area contributed by atoms with Crippen molar-refractivity contribution in [3.05, 3.63) is 29.8 Å². The minimum absolute atomic E-state index is 0.0725. The zero-order valence-electron chi connectivity index (χ0n) is 43.3. The van der Waals surface area contributed by atoms with E-state index in [1.807, 2.05) is 0 Å². The Morgan fingerprint density at radius 2 is 1.37 bits per heavy atom. The first-order valence-electron chi connectivity index (χ1n) is 26.2. The van der Waals surface area contributed by atoms with Gasteiger partial charge < -0.3 is 82.8 Å². The fourth-order valence-electron chi connectivity index (χ4n) is 10.1. The third-order valence-corrected chi connectivity index (χ3v) is 14.6. The Morgan fingerprint density at radius 3 is 2.00 bits per heavy atom. The summed E-state index contributed by atoms with van der Waals surface area (Å²) in [5.74, 6) is -10.2. The van der Waals surface area contributed by atoms with E-state index in [0.717, 1.165) is 62.5 Å². The molecule has 16 atom stereocenters. The number of nitrogens with one attached hydrogen (secondary N) is 4. The van der Waals surface area contributed by atoms with Crippen LogP contribution in [0, 0.1) is 17.8 Å². The number of benzene rings is 1. The topological polar surface area (TPSA) is 399 Å². The smallest absolute Gasteiger partial charge is 0.248 e. The molecular weight excluding hydrogens is 983 g/mol. The lowest BCUT2D eigenvalue weighted by atomic mass is 9.86. The molecule has 3 saturated heterocycles. The highest BCUT2D eigenvalue weighted by Crippen LogP contribution is 2.30. The Labute approximate surface area is 436 Å². The van der Waals surface area contributed by atoms with Crippen LogP contribution in [0.3, 0.4) is 0 Å². The molecular formula is C51H81N7O17. The molecule has 0 aromatic heterocycles. The number of carbonyl (C=O) groups excluding carboxylic acids is 8. The molecule has 4 rings (SSSR count). The Balaban J connectivity index is 1.69. The quantitative estimate of drug-likeness (QED) is 0.0614. The summed E-state index contributed by atoms with van der Waals surface area (Å²) in [4.78, 5) is 113. The molecule has 0 bridgehead atoms. The summed E-state index contributed by atoms with van der Waals surface area (Å²) in [7, 11) is 0. The Kier molecular flexibility index (Phi) is 24.3. The predicted octanol–water partition coefficient (Wildman–Crippen LogP) is -2.25. The van der Waals surface area contributed by atoms with E-state index >= 15 is 0 Å². The molecule has 24 heteroatoms. The molecule has 7 amide bonds. The van der Waals surface area contributed by atoms with Crippen molar-refractivity contribution in [2.75, 3.05) is 13.1 Å². The molecule has 15 N–H and O–H groups in total. The van der Waals surface area contributed by atoms with Gasteiger partial charge in [-0.3, -0.25) is 38.4 Å². The maximum atomic E-state index is 14.4. The number of carbonyl (C=O) groups is 8. The highest BCUT2D eigenvalue weighted by Gasteiger charge is 2.49. The fourth-order valence-corrected chi connectivity index (χ4v) is 10.1. The number of phenolic OH excluding ortho intramolecular Hbond substituents is 1. The van der Waals surface area contributed by atoms with E-state index in [2.05, 4.69) is 42.0 Å². The summed E-state index contributed by atoms with van der Waals surface area (Å²) < 4.78 is 0. The molecule has 3 aliphatic rings. The van der Waals surface area contributed by atoms with Gasteiger partial charge in [-0.1, -0.05) is 77.8 Å². The molecule has 1 aromatic carbocycles. The van der Waals surface area contributed by atoms with Gasteiger partial charge in [0.05, 0.1) is 48.9 Å². The maximum absolute atomic E-state index is 14.4. The number of aromatic hydroxyl groups is 1. The van der Waals surface area contributed by atoms with E-state index in [1.54, 1.807) is 0 Å². The second-order valence-electron chi connectivity index (χ2n) is 20.9. The standard InChI is InChI=1S/C51H81N7O17/c1-5-26(2)20-27(3)12-10-8-6-7-9-11-13-40(67)53-33-23-38(65)48(72)56-49(73)43-35(62)18-19-57(43)51(75)42(37(64)24-39(52)66)55-46(70)32(45(69)44(68)29-14-16-30(60)17-15-29)22-36(63)34-21-31(61)25-58(34)50(74)41(28(4)59)54-47(33)71/h14-17,26-28,31-35,37-38,41-45,48,59-62,64-65,68-69,72H,5-13,18-25H2,1-4H3,(H2,52,66)(H,53,67)(H,54,71)(H,55,70)(H,56,73)/t26?,27?,28?,31-,32?,33?,34+,35+,37?,38?,41+,42+,43-,44?,45?,48-/m1/s1. The van der Waals surface area contributed by atoms with Crippen molar-refractivity contribution in [1.82, 2.24) is 31.1 Å². The van der Waals surface area contributed by atoms with Crippen LogP contribution in [0.1, 0.15) is 136 Å². The summed E-state index contributed by atoms with van der Waals surface area (Å²) in [6, 6.07) is -4.73. The maximum Gasteiger partial charge on any atom is 0.248 e. The Bertz CT molecular complexity index is 2100. The zero-order valence-corrected chi connectivity index (χ0v) is 43.3. The average Bonchev–Trinajstić information content (AvgIpc) is 3.95. The molecule has 3 fully saturated rings. The summed E-state index contributed by atoms with van der Waals surface area (Å²) in [5.41, 5.74) is 5.26. The number of nitrogens with two attached hydrogens (primary N) is 1. The highest BCUT2D eigenvalue weighted by molar-refractivity contribution is 5.98. The van der Waals surface area contributed by atoms with Gasteiger partial charge >= 0.3 is 0 Å². The van der Waals surface area contributed by atoms with Gasteiger partial charge in [-0.25, -0.2) is 0 Å². The monoisotopic (exact) mass is 1060 g/mol. The molecule has 0 saturated carbocycles. The summed E-state index contributed by atoms with van der Waals surface area (Å²) in [5, 5.41) is 108. The van der Waals surface area contributed by atoms with Crippen LogP contribution >= 0.6 is 0 Å². The van der Waals surface area contributed by atoms with Gasteiger partial charge in [-0.15, -0.1) is 0 Å². The van der Waals surface area contributed by atoms with E-state index in [1.165, 1.54) is 18.6 Å². The second kappa shape index (κ2) is 29.3. The van der Waals surface area contributed by atoms with Gasteiger partial charge in [0, 0.05) is 38.8 Å². The number of rotatable bonds is 20. The normalized spacial score (nSPS) is 29.1. The first-order chi connectivity index (χ1) is 35.3. The van der Waals surface area contributed by atoms with Crippen LogP contribution in [0.5, 0.6) is 5.75 Å². The van der Waals surface area contributed by atoms with Gasteiger partial charge in [-0.05, 0) is 55.7 Å². The SMILES string of the molecule is CCC(C)CC(C)CCCCCCCCC(=O)NC1CC(O)[C@@H](O)NC(=O)[C@H]2[C@@H](O)CCN2C(=O)[C@H](C(O)CC(N)=O)NC(=O)C(C(O)C(O)c2ccc(O)cc2)CC(=O)[C@@H]2C[C@@H](O)CN2C(=O)[C@H](C(C)O)NC1=O. The molecule has 422 valence electrons. The van der Waals surface area contributed by atoms with Crippen LogP contribution in [-0.2, 0) is 38.4 Å². The lowest BCUT2D eigenvalue weighted by Gasteiger charge is -2.34. The number of primary amides is 1. The molecule has 24 nitrogen and oxygen atoms in total. The van der Waals surface area contributed by atoms with E-state index in [0.29, 0.717) is 29.6 Å². The number of hydrogen-bond donors (Lipinski definition) is 14. The number of amides is 7. The first kappa shape index (κ1) is 62.2. The Morgan fingerprint density at radius 1 is 0.760 bits per heavy atom. The number of ketones is 1. The number of aliphatic hydroxyl groups excluding tert-OH is 8. The molecule has 1 aromatic rings. The van der Waals surface area contributed by atoms with Gasteiger partial charge in [0.25, 0.3) is 0 Å². The van der Waals surface area contributed by atoms with Crippen molar-refractivity contribution < 1.29 is 84.3 Å². The van der Waals surface area contributed by atoms with Crippen LogP contribution in [0.4, 0.5) is 0 Å². The third kappa shape index (κ3) is 17.9. The number of aliphatic hydroxyl groups is 8. The van der Waals surface area contributed by atoms with E-state index in [4.69, 9.17) is 5.73 Å². The van der Waals surface area contributed by atoms with Crippen molar-refractivity contribution in [2.24, 2.45) is 23.5 Å². The minimum Gasteiger partial charge on any atom is -0.508 e. The predicted molar refractivity (Wildman–Crippen MR) is 267 cm³/mol. The zero-order chi connectivity index (χ0) is 55.8. The van der Waals surface area contributed by atoms with E-state index < -0.39 is 171 Å².